The van der Waals surface area contributed by atoms with E-state index in [0.29, 0.717) is 0 Å². The molecule has 0 saturated heterocycles. The van der Waals surface area contributed by atoms with E-state index in [1.165, 1.54) is 6.07 Å². The van der Waals surface area contributed by atoms with Gasteiger partial charge in [0.25, 0.3) is 5.91 Å². The van der Waals surface area contributed by atoms with Crippen LogP contribution in [-0.4, -0.2) is 11.0 Å². The molecule has 3 nitrogen and oxygen atoms in total. The molecule has 0 saturated carbocycles. The Morgan fingerprint density at radius 1 is 0.692 bits per heavy atom. The summed E-state index contributed by atoms with van der Waals surface area (Å²) in [4.78, 5) is 15.0. The van der Waals surface area contributed by atoms with Gasteiger partial charge in [0.2, 0.25) is 0 Å². The molecule has 4 aromatic rings. The first-order valence-corrected chi connectivity index (χ1v) is 8.41. The summed E-state index contributed by atoms with van der Waals surface area (Å²) >= 11 is 0. The van der Waals surface area contributed by atoms with Gasteiger partial charge in [-0.15, -0.1) is 0 Å². The second kappa shape index (κ2) is 6.73. The summed E-state index contributed by atoms with van der Waals surface area (Å²) in [6, 6.07) is 29.9. The van der Waals surface area contributed by atoms with Gasteiger partial charge in [0.1, 0.15) is 5.75 Å². The Morgan fingerprint density at radius 3 is 2.15 bits per heavy atom. The molecule has 0 heterocycles. The summed E-state index contributed by atoms with van der Waals surface area (Å²) in [5.41, 5.74) is 1.80. The van der Waals surface area contributed by atoms with E-state index in [4.69, 9.17) is 0 Å². The Bertz CT molecular complexity index is 1070. The van der Waals surface area contributed by atoms with Crippen LogP contribution in [0.2, 0.25) is 0 Å². The van der Waals surface area contributed by atoms with Crippen molar-refractivity contribution in [3.63, 3.8) is 0 Å². The van der Waals surface area contributed by atoms with E-state index >= 15 is 0 Å². The molecule has 0 spiro atoms. The van der Waals surface area contributed by atoms with Crippen LogP contribution in [0.15, 0.2) is 97.1 Å². The highest BCUT2D eigenvalue weighted by Gasteiger charge is 2.23. The molecule has 4 rings (SSSR count). The van der Waals surface area contributed by atoms with Gasteiger partial charge in [0.05, 0.1) is 11.3 Å². The molecule has 0 aliphatic rings. The van der Waals surface area contributed by atoms with Crippen LogP contribution in [-0.2, 0) is 0 Å². The number of phenols is 1. The van der Waals surface area contributed by atoms with E-state index in [1.807, 2.05) is 72.8 Å². The van der Waals surface area contributed by atoms with Gasteiger partial charge in [0.15, 0.2) is 0 Å². The summed E-state index contributed by atoms with van der Waals surface area (Å²) in [7, 11) is 0. The van der Waals surface area contributed by atoms with Crippen LogP contribution in [0, 0.1) is 0 Å². The van der Waals surface area contributed by atoms with Crippen molar-refractivity contribution in [1.82, 2.24) is 0 Å². The third-order valence-electron chi connectivity index (χ3n) is 4.36. The van der Waals surface area contributed by atoms with E-state index in [0.717, 1.165) is 22.1 Å². The van der Waals surface area contributed by atoms with Crippen molar-refractivity contribution in [2.45, 2.75) is 0 Å². The zero-order valence-electron chi connectivity index (χ0n) is 14.0. The quantitative estimate of drug-likeness (QED) is 0.533. The second-order valence-corrected chi connectivity index (χ2v) is 5.99. The SMILES string of the molecule is O=C(c1ccccc1O)N(c1ccccc1)c1cccc2ccccc12. The minimum Gasteiger partial charge on any atom is -0.507 e. The predicted octanol–water partition coefficient (Wildman–Crippen LogP) is 5.52. The van der Waals surface area contributed by atoms with Crippen LogP contribution in [0.3, 0.4) is 0 Å². The molecule has 0 atom stereocenters. The van der Waals surface area contributed by atoms with Crippen LogP contribution in [0.25, 0.3) is 10.8 Å². The molecule has 1 amide bonds. The molecule has 4 aromatic carbocycles. The van der Waals surface area contributed by atoms with Gasteiger partial charge in [-0.2, -0.15) is 0 Å². The predicted molar refractivity (Wildman–Crippen MR) is 105 cm³/mol. The Morgan fingerprint density at radius 2 is 1.35 bits per heavy atom. The summed E-state index contributed by atoms with van der Waals surface area (Å²) in [5, 5.41) is 12.2. The fraction of sp³-hybridized carbons (Fsp3) is 0. The number of fused-ring (bicyclic) bond motifs is 1. The highest BCUT2D eigenvalue weighted by Crippen LogP contribution is 2.34. The number of nitrogens with zero attached hydrogens (tertiary/aromatic N) is 1. The van der Waals surface area contributed by atoms with E-state index in [2.05, 4.69) is 0 Å². The van der Waals surface area contributed by atoms with Crippen LogP contribution >= 0.6 is 0 Å². The summed E-state index contributed by atoms with van der Waals surface area (Å²) in [6.07, 6.45) is 0. The Hall–Kier alpha value is -3.59. The van der Waals surface area contributed by atoms with E-state index in [1.54, 1.807) is 23.1 Å². The van der Waals surface area contributed by atoms with Crippen molar-refractivity contribution in [3.05, 3.63) is 103 Å². The zero-order valence-corrected chi connectivity index (χ0v) is 14.0. The molecule has 3 heteroatoms. The number of hydrogen-bond acceptors (Lipinski definition) is 2. The molecule has 0 aliphatic carbocycles. The maximum atomic E-state index is 13.4. The molecule has 0 aromatic heterocycles. The molecular weight excluding hydrogens is 322 g/mol. The van der Waals surface area contributed by atoms with Crippen LogP contribution in [0.1, 0.15) is 10.4 Å². The van der Waals surface area contributed by atoms with Crippen molar-refractivity contribution < 1.29 is 9.90 Å². The normalized spacial score (nSPS) is 10.6. The summed E-state index contributed by atoms with van der Waals surface area (Å²) in [6.45, 7) is 0. The minimum absolute atomic E-state index is 0.0290. The number of phenolic OH excluding ortho intramolecular Hbond substituents is 1. The number of aromatic hydroxyl groups is 1. The fourth-order valence-electron chi connectivity index (χ4n) is 3.12. The highest BCUT2D eigenvalue weighted by molar-refractivity contribution is 6.16. The minimum atomic E-state index is -0.273. The Labute approximate surface area is 151 Å². The van der Waals surface area contributed by atoms with Gasteiger partial charge >= 0.3 is 0 Å². The first-order chi connectivity index (χ1) is 12.8. The van der Waals surface area contributed by atoms with Crippen molar-refractivity contribution in [3.8, 4) is 5.75 Å². The van der Waals surface area contributed by atoms with Gasteiger partial charge in [-0.05, 0) is 35.7 Å². The average molecular weight is 339 g/mol. The highest BCUT2D eigenvalue weighted by atomic mass is 16.3. The van der Waals surface area contributed by atoms with Gasteiger partial charge in [-0.25, -0.2) is 0 Å². The maximum Gasteiger partial charge on any atom is 0.266 e. The topological polar surface area (TPSA) is 40.5 Å². The van der Waals surface area contributed by atoms with Gasteiger partial charge in [-0.1, -0.05) is 66.7 Å². The molecule has 0 fully saturated rings. The number of para-hydroxylation sites is 2. The third-order valence-corrected chi connectivity index (χ3v) is 4.36. The average Bonchev–Trinajstić information content (AvgIpc) is 2.69. The van der Waals surface area contributed by atoms with Gasteiger partial charge in [0, 0.05) is 11.1 Å². The molecule has 0 bridgehead atoms. The number of anilines is 2. The fourth-order valence-corrected chi connectivity index (χ4v) is 3.12. The van der Waals surface area contributed by atoms with Crippen LogP contribution in [0.5, 0.6) is 5.75 Å². The largest absolute Gasteiger partial charge is 0.507 e. The number of benzene rings is 4. The third kappa shape index (κ3) is 2.80. The molecular formula is C23H17NO2. The van der Waals surface area contributed by atoms with Crippen LogP contribution < -0.4 is 4.90 Å². The zero-order chi connectivity index (χ0) is 17.9. The Kier molecular flexibility index (Phi) is 4.12. The van der Waals surface area contributed by atoms with Crippen molar-refractivity contribution in [1.29, 1.82) is 0 Å². The number of carbonyl (C=O) groups is 1. The molecule has 0 unspecified atom stereocenters. The lowest BCUT2D eigenvalue weighted by atomic mass is 10.1. The lowest BCUT2D eigenvalue weighted by molar-refractivity contribution is 0.0997. The lowest BCUT2D eigenvalue weighted by Crippen LogP contribution is -2.26. The number of hydrogen-bond donors (Lipinski definition) is 1. The first kappa shape index (κ1) is 15.9. The summed E-state index contributed by atoms with van der Waals surface area (Å²) in [5.74, 6) is -0.302. The summed E-state index contributed by atoms with van der Waals surface area (Å²) < 4.78 is 0. The van der Waals surface area contributed by atoms with Crippen LogP contribution in [0.4, 0.5) is 11.4 Å². The smallest absolute Gasteiger partial charge is 0.266 e. The second-order valence-electron chi connectivity index (χ2n) is 5.99. The van der Waals surface area contributed by atoms with Crippen molar-refractivity contribution in [2.24, 2.45) is 0 Å². The number of rotatable bonds is 3. The molecule has 0 aliphatic heterocycles. The van der Waals surface area contributed by atoms with E-state index < -0.39 is 0 Å². The van der Waals surface area contributed by atoms with Gasteiger partial charge in [-0.3, -0.25) is 9.69 Å². The molecule has 0 radical (unpaired) electrons. The molecule has 126 valence electrons. The van der Waals surface area contributed by atoms with Crippen molar-refractivity contribution >= 4 is 28.1 Å². The maximum absolute atomic E-state index is 13.4. The standard InChI is InChI=1S/C23H17NO2/c25-22-16-7-6-14-20(22)23(26)24(18-11-2-1-3-12-18)21-15-8-10-17-9-4-5-13-19(17)21/h1-16,25H. The van der Waals surface area contributed by atoms with Gasteiger partial charge < -0.3 is 5.11 Å². The molecule has 26 heavy (non-hydrogen) atoms. The monoisotopic (exact) mass is 339 g/mol. The van der Waals surface area contributed by atoms with E-state index in [-0.39, 0.29) is 17.2 Å². The Balaban J connectivity index is 1.95. The number of carbonyl (C=O) groups excluding carboxylic acids is 1. The van der Waals surface area contributed by atoms with E-state index in [9.17, 15) is 9.90 Å². The van der Waals surface area contributed by atoms with Crippen molar-refractivity contribution in [2.75, 3.05) is 4.90 Å². The molecule has 1 N–H and O–H groups in total. The first-order valence-electron chi connectivity index (χ1n) is 8.41. The number of amides is 1. The lowest BCUT2D eigenvalue weighted by Gasteiger charge is -2.25.